The molecule has 0 radical (unpaired) electrons. The normalized spacial score (nSPS) is 10.4. The summed E-state index contributed by atoms with van der Waals surface area (Å²) in [4.78, 5) is 0. The number of rotatable bonds is 11. The van der Waals surface area contributed by atoms with E-state index in [4.69, 9.17) is 14.2 Å². The van der Waals surface area contributed by atoms with Gasteiger partial charge in [-0.1, -0.05) is 24.3 Å². The first-order valence-corrected chi connectivity index (χ1v) is 10.3. The Kier molecular flexibility index (Phi) is 7.93. The lowest BCUT2D eigenvalue weighted by atomic mass is 10.0. The highest BCUT2D eigenvalue weighted by Crippen LogP contribution is 2.35. The molecule has 0 saturated heterocycles. The molecule has 0 atom stereocenters. The van der Waals surface area contributed by atoms with E-state index in [-0.39, 0.29) is 12.4 Å². The molecule has 162 valence electrons. The molecule has 0 unspecified atom stereocenters. The molecule has 0 spiro atoms. The molecular weight excluding hydrogens is 393 g/mol. The minimum Gasteiger partial charge on any atom is -0.497 e. The summed E-state index contributed by atoms with van der Waals surface area (Å²) in [7, 11) is 1.65. The summed E-state index contributed by atoms with van der Waals surface area (Å²) in [6, 6.07) is 18.4. The van der Waals surface area contributed by atoms with Gasteiger partial charge in [-0.05, 0) is 61.4 Å². The molecule has 0 aliphatic carbocycles. The summed E-state index contributed by atoms with van der Waals surface area (Å²) in [6.07, 6.45) is 2.44. The molecule has 0 aliphatic heterocycles. The zero-order valence-electron chi connectivity index (χ0n) is 18.0. The summed E-state index contributed by atoms with van der Waals surface area (Å²) in [6.45, 7) is 7.03. The van der Waals surface area contributed by atoms with Gasteiger partial charge < -0.3 is 19.5 Å². The molecule has 0 bridgehead atoms. The van der Waals surface area contributed by atoms with Crippen LogP contribution in [0.25, 0.3) is 0 Å². The molecule has 3 rings (SSSR count). The van der Waals surface area contributed by atoms with E-state index in [2.05, 4.69) is 18.0 Å². The van der Waals surface area contributed by atoms with Gasteiger partial charge in [0.05, 0.1) is 13.7 Å². The fraction of sp³-hybridized carbons (Fsp3) is 0.231. The minimum atomic E-state index is -0.286. The largest absolute Gasteiger partial charge is 0.497 e. The first kappa shape index (κ1) is 22.2. The lowest BCUT2D eigenvalue weighted by Gasteiger charge is -2.18. The fourth-order valence-electron chi connectivity index (χ4n) is 3.24. The van der Waals surface area contributed by atoms with Gasteiger partial charge in [-0.15, -0.1) is 6.58 Å². The van der Waals surface area contributed by atoms with Crippen molar-refractivity contribution in [3.8, 4) is 17.2 Å². The monoisotopic (exact) mass is 421 g/mol. The number of benzene rings is 3. The Morgan fingerprint density at radius 2 is 1.77 bits per heavy atom. The molecule has 0 fully saturated rings. The maximum Gasteiger partial charge on any atom is 0.165 e. The Balaban J connectivity index is 1.82. The third-order valence-corrected chi connectivity index (χ3v) is 4.77. The van der Waals surface area contributed by atoms with Crippen LogP contribution < -0.4 is 19.5 Å². The first-order chi connectivity index (χ1) is 15.1. The third-order valence-electron chi connectivity index (χ3n) is 4.77. The van der Waals surface area contributed by atoms with Gasteiger partial charge >= 0.3 is 0 Å². The quantitative estimate of drug-likeness (QED) is 0.377. The van der Waals surface area contributed by atoms with Gasteiger partial charge in [-0.3, -0.25) is 0 Å². The van der Waals surface area contributed by atoms with Crippen LogP contribution in [0.5, 0.6) is 17.2 Å². The first-order valence-electron chi connectivity index (χ1n) is 10.3. The van der Waals surface area contributed by atoms with Crippen molar-refractivity contribution >= 4 is 5.69 Å². The minimum absolute atomic E-state index is 0.125. The van der Waals surface area contributed by atoms with Crippen LogP contribution in [-0.2, 0) is 19.6 Å². The van der Waals surface area contributed by atoms with Gasteiger partial charge in [0.15, 0.2) is 11.5 Å². The summed E-state index contributed by atoms with van der Waals surface area (Å²) in [5, 5.41) is 3.41. The number of halogens is 1. The van der Waals surface area contributed by atoms with Gasteiger partial charge in [-0.25, -0.2) is 4.39 Å². The number of hydrogen-bond acceptors (Lipinski definition) is 4. The number of allylic oxidation sites excluding steroid dienone is 1. The van der Waals surface area contributed by atoms with E-state index in [1.54, 1.807) is 25.3 Å². The molecule has 31 heavy (non-hydrogen) atoms. The van der Waals surface area contributed by atoms with Gasteiger partial charge in [0, 0.05) is 23.4 Å². The third kappa shape index (κ3) is 6.01. The lowest BCUT2D eigenvalue weighted by molar-refractivity contribution is 0.263. The predicted molar refractivity (Wildman–Crippen MR) is 123 cm³/mol. The van der Waals surface area contributed by atoms with Crippen LogP contribution in [-0.4, -0.2) is 13.7 Å². The van der Waals surface area contributed by atoms with Gasteiger partial charge in [0.2, 0.25) is 0 Å². The van der Waals surface area contributed by atoms with Crippen molar-refractivity contribution in [1.82, 2.24) is 0 Å². The maximum absolute atomic E-state index is 14.0. The number of ether oxygens (including phenoxy) is 3. The van der Waals surface area contributed by atoms with Gasteiger partial charge in [0.25, 0.3) is 0 Å². The highest BCUT2D eigenvalue weighted by Gasteiger charge is 2.14. The number of hydrogen-bond donors (Lipinski definition) is 1. The van der Waals surface area contributed by atoms with Crippen LogP contribution in [0.2, 0.25) is 0 Å². The Hall–Kier alpha value is -3.47. The van der Waals surface area contributed by atoms with Crippen LogP contribution in [0, 0.1) is 5.82 Å². The van der Waals surface area contributed by atoms with Crippen molar-refractivity contribution in [2.75, 3.05) is 19.0 Å². The number of methoxy groups -OCH3 is 1. The second kappa shape index (κ2) is 11.1. The summed E-state index contributed by atoms with van der Waals surface area (Å²) >= 11 is 0. The van der Waals surface area contributed by atoms with Crippen LogP contribution in [0.4, 0.5) is 10.1 Å². The molecule has 0 amide bonds. The summed E-state index contributed by atoms with van der Waals surface area (Å²) in [5.74, 6) is 1.79. The van der Waals surface area contributed by atoms with Crippen LogP contribution in [0.3, 0.4) is 0 Å². The van der Waals surface area contributed by atoms with Gasteiger partial charge in [0.1, 0.15) is 18.2 Å². The van der Waals surface area contributed by atoms with E-state index in [9.17, 15) is 4.39 Å². The van der Waals surface area contributed by atoms with E-state index in [1.807, 2.05) is 43.3 Å². The van der Waals surface area contributed by atoms with E-state index in [1.165, 1.54) is 6.07 Å². The van der Waals surface area contributed by atoms with E-state index < -0.39 is 0 Å². The molecule has 3 aromatic carbocycles. The highest BCUT2D eigenvalue weighted by molar-refractivity contribution is 5.52. The van der Waals surface area contributed by atoms with Crippen molar-refractivity contribution in [3.63, 3.8) is 0 Å². The second-order valence-electron chi connectivity index (χ2n) is 6.97. The molecule has 5 heteroatoms. The second-order valence-corrected chi connectivity index (χ2v) is 6.97. The van der Waals surface area contributed by atoms with Crippen molar-refractivity contribution in [3.05, 3.63) is 95.8 Å². The molecule has 3 aromatic rings. The lowest BCUT2D eigenvalue weighted by Crippen LogP contribution is -2.06. The molecule has 0 aliphatic rings. The Labute approximate surface area is 183 Å². The molecule has 0 heterocycles. The zero-order chi connectivity index (χ0) is 22.1. The van der Waals surface area contributed by atoms with Crippen LogP contribution in [0.1, 0.15) is 23.6 Å². The standard InChI is InChI=1S/C26H28FNO3/c1-4-8-20-15-19(17-28-22-11-13-23(29-3)14-12-22)16-25(30-5-2)26(20)31-18-21-9-6-7-10-24(21)27/h4,6-7,9-16,28H,1,5,8,17-18H2,2-3H3. The SMILES string of the molecule is C=CCc1cc(CNc2ccc(OC)cc2)cc(OCC)c1OCc1ccccc1F. The van der Waals surface area contributed by atoms with E-state index >= 15 is 0 Å². The van der Waals surface area contributed by atoms with E-state index in [0.29, 0.717) is 36.6 Å². The maximum atomic E-state index is 14.0. The molecule has 0 saturated carbocycles. The Bertz CT molecular complexity index is 1000. The zero-order valence-corrected chi connectivity index (χ0v) is 18.0. The van der Waals surface area contributed by atoms with Crippen molar-refractivity contribution in [2.24, 2.45) is 0 Å². The number of nitrogens with one attached hydrogen (secondary N) is 1. The topological polar surface area (TPSA) is 39.7 Å². The number of anilines is 1. The van der Waals surface area contributed by atoms with Crippen molar-refractivity contribution in [2.45, 2.75) is 26.5 Å². The fourth-order valence-corrected chi connectivity index (χ4v) is 3.24. The van der Waals surface area contributed by atoms with Crippen LogP contribution >= 0.6 is 0 Å². The average molecular weight is 422 g/mol. The Morgan fingerprint density at radius 3 is 2.45 bits per heavy atom. The van der Waals surface area contributed by atoms with Gasteiger partial charge in [-0.2, -0.15) is 0 Å². The van der Waals surface area contributed by atoms with Crippen molar-refractivity contribution < 1.29 is 18.6 Å². The molecule has 0 aromatic heterocycles. The van der Waals surface area contributed by atoms with Crippen LogP contribution in [0.15, 0.2) is 73.3 Å². The molecule has 4 nitrogen and oxygen atoms in total. The molecular formula is C26H28FNO3. The highest BCUT2D eigenvalue weighted by atomic mass is 19.1. The van der Waals surface area contributed by atoms with E-state index in [0.717, 1.165) is 22.6 Å². The average Bonchev–Trinajstić information content (AvgIpc) is 2.79. The molecule has 1 N–H and O–H groups in total. The summed E-state index contributed by atoms with van der Waals surface area (Å²) < 4.78 is 31.1. The van der Waals surface area contributed by atoms with Crippen molar-refractivity contribution in [1.29, 1.82) is 0 Å². The Morgan fingerprint density at radius 1 is 1.00 bits per heavy atom. The summed E-state index contributed by atoms with van der Waals surface area (Å²) in [5.41, 5.74) is 3.49. The smallest absolute Gasteiger partial charge is 0.165 e. The predicted octanol–water partition coefficient (Wildman–Crippen LogP) is 6.15.